The largest absolute Gasteiger partial charge is 0.296 e. The number of sulfonamides is 1. The minimum Gasteiger partial charge on any atom is -0.296 e. The summed E-state index contributed by atoms with van der Waals surface area (Å²) in [4.78, 5) is 16.7. The number of aryl methyl sites for hydroxylation is 1. The number of nitrogens with zero attached hydrogens (tertiary/aromatic N) is 3. The molecular formula is C20H19F2N3O3S. The number of hydrogen-bond donors (Lipinski definition) is 0. The zero-order valence-corrected chi connectivity index (χ0v) is 16.5. The predicted molar refractivity (Wildman–Crippen MR) is 104 cm³/mol. The number of aromatic nitrogens is 2. The highest BCUT2D eigenvalue weighted by Gasteiger charge is 2.32. The number of fused-ring (bicyclic) bond motifs is 1. The van der Waals surface area contributed by atoms with Gasteiger partial charge in [-0.15, -0.1) is 0 Å². The van der Waals surface area contributed by atoms with Crippen molar-refractivity contribution >= 4 is 20.9 Å². The van der Waals surface area contributed by atoms with E-state index in [1.54, 1.807) is 16.7 Å². The van der Waals surface area contributed by atoms with Crippen LogP contribution < -0.4 is 5.56 Å². The Labute approximate surface area is 166 Å². The first kappa shape index (κ1) is 19.7. The van der Waals surface area contributed by atoms with Crippen LogP contribution in [-0.2, 0) is 10.0 Å². The molecule has 0 amide bonds. The standard InChI is InChI=1S/C20H19F2N3O3S/c1-13-2-4-18-16(10-13)20(26)25(12-23-18)15-6-8-24(9-7-15)29(27,28)19-5-3-14(21)11-17(19)22/h2-5,10-12,15H,6-9H2,1H3. The lowest BCUT2D eigenvalue weighted by molar-refractivity contribution is 0.269. The quantitative estimate of drug-likeness (QED) is 0.654. The Bertz CT molecular complexity index is 1250. The van der Waals surface area contributed by atoms with Crippen LogP contribution in [-0.4, -0.2) is 35.4 Å². The molecule has 1 aliphatic heterocycles. The van der Waals surface area contributed by atoms with Gasteiger partial charge in [-0.25, -0.2) is 22.2 Å². The van der Waals surface area contributed by atoms with Crippen LogP contribution in [0.1, 0.15) is 24.4 Å². The molecule has 1 saturated heterocycles. The lowest BCUT2D eigenvalue weighted by atomic mass is 10.1. The van der Waals surface area contributed by atoms with Crippen LogP contribution in [0.15, 0.2) is 52.4 Å². The molecule has 0 N–H and O–H groups in total. The molecule has 152 valence electrons. The van der Waals surface area contributed by atoms with E-state index < -0.39 is 26.6 Å². The molecular weight excluding hydrogens is 400 g/mol. The maximum absolute atomic E-state index is 14.0. The molecule has 0 aliphatic carbocycles. The second kappa shape index (κ2) is 7.31. The Balaban J connectivity index is 1.57. The average molecular weight is 419 g/mol. The summed E-state index contributed by atoms with van der Waals surface area (Å²) in [5.74, 6) is -1.95. The van der Waals surface area contributed by atoms with Gasteiger partial charge in [0.15, 0.2) is 0 Å². The zero-order valence-electron chi connectivity index (χ0n) is 15.7. The second-order valence-electron chi connectivity index (χ2n) is 7.19. The van der Waals surface area contributed by atoms with Crippen molar-refractivity contribution in [2.75, 3.05) is 13.1 Å². The van der Waals surface area contributed by atoms with Crippen molar-refractivity contribution in [1.82, 2.24) is 13.9 Å². The lowest BCUT2D eigenvalue weighted by Gasteiger charge is -2.32. The molecule has 0 bridgehead atoms. The molecule has 1 fully saturated rings. The predicted octanol–water partition coefficient (Wildman–Crippen LogP) is 3.01. The number of halogens is 2. The SMILES string of the molecule is Cc1ccc2ncn(C3CCN(S(=O)(=O)c4ccc(F)cc4F)CC3)c(=O)c2c1. The van der Waals surface area contributed by atoms with Crippen LogP contribution in [0.25, 0.3) is 10.9 Å². The highest BCUT2D eigenvalue weighted by molar-refractivity contribution is 7.89. The summed E-state index contributed by atoms with van der Waals surface area (Å²) in [6.45, 7) is 2.15. The van der Waals surface area contributed by atoms with Gasteiger partial charge >= 0.3 is 0 Å². The van der Waals surface area contributed by atoms with E-state index in [2.05, 4.69) is 4.98 Å². The van der Waals surface area contributed by atoms with Crippen LogP contribution in [0.5, 0.6) is 0 Å². The molecule has 2 aromatic carbocycles. The molecule has 0 unspecified atom stereocenters. The lowest BCUT2D eigenvalue weighted by Crippen LogP contribution is -2.41. The summed E-state index contributed by atoms with van der Waals surface area (Å²) in [5, 5.41) is 0.524. The summed E-state index contributed by atoms with van der Waals surface area (Å²) < 4.78 is 55.2. The van der Waals surface area contributed by atoms with E-state index in [4.69, 9.17) is 0 Å². The molecule has 1 aliphatic rings. The summed E-state index contributed by atoms with van der Waals surface area (Å²) >= 11 is 0. The molecule has 6 nitrogen and oxygen atoms in total. The molecule has 0 radical (unpaired) electrons. The van der Waals surface area contributed by atoms with Crippen LogP contribution >= 0.6 is 0 Å². The average Bonchev–Trinajstić information content (AvgIpc) is 2.68. The van der Waals surface area contributed by atoms with Crippen molar-refractivity contribution in [3.05, 3.63) is 70.3 Å². The first-order valence-electron chi connectivity index (χ1n) is 9.20. The van der Waals surface area contributed by atoms with E-state index >= 15 is 0 Å². The van der Waals surface area contributed by atoms with Gasteiger partial charge in [-0.2, -0.15) is 4.31 Å². The minimum atomic E-state index is -4.08. The van der Waals surface area contributed by atoms with E-state index in [0.717, 1.165) is 17.7 Å². The van der Waals surface area contributed by atoms with Crippen molar-refractivity contribution in [3.63, 3.8) is 0 Å². The topological polar surface area (TPSA) is 72.3 Å². The fourth-order valence-electron chi connectivity index (χ4n) is 3.69. The molecule has 2 heterocycles. The van der Waals surface area contributed by atoms with Crippen LogP contribution in [0, 0.1) is 18.6 Å². The Hall–Kier alpha value is -2.65. The molecule has 1 aromatic heterocycles. The van der Waals surface area contributed by atoms with Gasteiger partial charge in [0.1, 0.15) is 16.5 Å². The molecule has 0 spiro atoms. The van der Waals surface area contributed by atoms with Gasteiger partial charge in [-0.05, 0) is 44.0 Å². The molecule has 29 heavy (non-hydrogen) atoms. The Kier molecular flexibility index (Phi) is 4.95. The Morgan fingerprint density at radius 3 is 2.48 bits per heavy atom. The number of rotatable bonds is 3. The maximum atomic E-state index is 14.0. The van der Waals surface area contributed by atoms with Gasteiger partial charge in [0.05, 0.1) is 17.2 Å². The summed E-state index contributed by atoms with van der Waals surface area (Å²) in [6, 6.07) is 7.68. The Morgan fingerprint density at radius 2 is 1.79 bits per heavy atom. The van der Waals surface area contributed by atoms with E-state index in [9.17, 15) is 22.0 Å². The zero-order chi connectivity index (χ0) is 20.8. The van der Waals surface area contributed by atoms with E-state index in [0.29, 0.717) is 29.8 Å². The van der Waals surface area contributed by atoms with Gasteiger partial charge < -0.3 is 0 Å². The highest BCUT2D eigenvalue weighted by atomic mass is 32.2. The molecule has 3 aromatic rings. The second-order valence-corrected chi connectivity index (χ2v) is 9.09. The van der Waals surface area contributed by atoms with Crippen molar-refractivity contribution in [1.29, 1.82) is 0 Å². The molecule has 0 atom stereocenters. The molecule has 0 saturated carbocycles. The van der Waals surface area contributed by atoms with Gasteiger partial charge in [-0.1, -0.05) is 11.6 Å². The monoisotopic (exact) mass is 419 g/mol. The van der Waals surface area contributed by atoms with E-state index in [1.165, 1.54) is 10.6 Å². The number of hydrogen-bond acceptors (Lipinski definition) is 4. The van der Waals surface area contributed by atoms with Gasteiger partial charge in [0.25, 0.3) is 5.56 Å². The van der Waals surface area contributed by atoms with Crippen molar-refractivity contribution < 1.29 is 17.2 Å². The normalized spacial score (nSPS) is 16.4. The molecule has 9 heteroatoms. The molecule has 4 rings (SSSR count). The van der Waals surface area contributed by atoms with E-state index in [1.807, 2.05) is 13.0 Å². The van der Waals surface area contributed by atoms with Crippen LogP contribution in [0.3, 0.4) is 0 Å². The van der Waals surface area contributed by atoms with Crippen LogP contribution in [0.4, 0.5) is 8.78 Å². The summed E-state index contributed by atoms with van der Waals surface area (Å²) in [6.07, 6.45) is 2.27. The minimum absolute atomic E-state index is 0.127. The van der Waals surface area contributed by atoms with E-state index in [-0.39, 0.29) is 24.7 Å². The number of piperidine rings is 1. The van der Waals surface area contributed by atoms with Crippen molar-refractivity contribution in [2.24, 2.45) is 0 Å². The summed E-state index contributed by atoms with van der Waals surface area (Å²) in [5.41, 5.74) is 1.41. The number of benzene rings is 2. The smallest absolute Gasteiger partial charge is 0.261 e. The van der Waals surface area contributed by atoms with Gasteiger partial charge in [0, 0.05) is 25.2 Å². The first-order valence-corrected chi connectivity index (χ1v) is 10.6. The van der Waals surface area contributed by atoms with Gasteiger partial charge in [0.2, 0.25) is 10.0 Å². The Morgan fingerprint density at radius 1 is 1.07 bits per heavy atom. The highest BCUT2D eigenvalue weighted by Crippen LogP contribution is 2.27. The van der Waals surface area contributed by atoms with Crippen molar-refractivity contribution in [2.45, 2.75) is 30.7 Å². The fraction of sp³-hybridized carbons (Fsp3) is 0.300. The van der Waals surface area contributed by atoms with Crippen molar-refractivity contribution in [3.8, 4) is 0 Å². The third-order valence-corrected chi connectivity index (χ3v) is 7.20. The first-order chi connectivity index (χ1) is 13.8. The van der Waals surface area contributed by atoms with Crippen LogP contribution in [0.2, 0.25) is 0 Å². The summed E-state index contributed by atoms with van der Waals surface area (Å²) in [7, 11) is -4.08. The third-order valence-electron chi connectivity index (χ3n) is 5.27. The third kappa shape index (κ3) is 3.56. The fourth-order valence-corrected chi connectivity index (χ4v) is 5.21. The van der Waals surface area contributed by atoms with Gasteiger partial charge in [-0.3, -0.25) is 9.36 Å². The maximum Gasteiger partial charge on any atom is 0.261 e.